The first-order chi connectivity index (χ1) is 11.7. The van der Waals surface area contributed by atoms with Crippen LogP contribution in [0.4, 0.5) is 0 Å². The number of aliphatic hydroxyl groups is 2. The standard InChI is InChI=1S/C18H28N2O4/c21-14-18(23)19-8-5-11-24-17-7-4-6-16(12-17)13-20(15-22)9-2-1-3-10-20/h4,6-7,12,21-22H,1-3,5,8-11,13-15H2/p+1. The zero-order valence-corrected chi connectivity index (χ0v) is 14.2. The van der Waals surface area contributed by atoms with Gasteiger partial charge < -0.3 is 20.3 Å². The van der Waals surface area contributed by atoms with E-state index in [0.29, 0.717) is 19.6 Å². The Morgan fingerprint density at radius 2 is 2.00 bits per heavy atom. The average molecular weight is 337 g/mol. The summed E-state index contributed by atoms with van der Waals surface area (Å²) in [6.07, 6.45) is 4.30. The van der Waals surface area contributed by atoms with Gasteiger partial charge in [-0.3, -0.25) is 9.28 Å². The molecule has 0 spiro atoms. The maximum absolute atomic E-state index is 10.9. The lowest BCUT2D eigenvalue weighted by molar-refractivity contribution is -0.961. The van der Waals surface area contributed by atoms with E-state index >= 15 is 0 Å². The molecule has 1 aliphatic rings. The van der Waals surface area contributed by atoms with E-state index in [0.717, 1.165) is 29.9 Å². The second-order valence-electron chi connectivity index (χ2n) is 6.51. The fourth-order valence-electron chi connectivity index (χ4n) is 3.20. The zero-order valence-electron chi connectivity index (χ0n) is 14.2. The highest BCUT2D eigenvalue weighted by molar-refractivity contribution is 5.76. The van der Waals surface area contributed by atoms with Gasteiger partial charge in [-0.1, -0.05) is 12.1 Å². The van der Waals surface area contributed by atoms with E-state index in [1.165, 1.54) is 24.8 Å². The Morgan fingerprint density at radius 3 is 2.71 bits per heavy atom. The highest BCUT2D eigenvalue weighted by atomic mass is 16.5. The lowest BCUT2D eigenvalue weighted by Gasteiger charge is -2.39. The number of aliphatic hydroxyl groups excluding tert-OH is 2. The fraction of sp³-hybridized carbons (Fsp3) is 0.611. The SMILES string of the molecule is O=C(CO)NCCCOc1cccc(C[N+]2(CO)CCCCC2)c1. The highest BCUT2D eigenvalue weighted by Crippen LogP contribution is 2.23. The number of nitrogens with one attached hydrogen (secondary N) is 1. The number of hydrogen-bond donors (Lipinski definition) is 3. The van der Waals surface area contributed by atoms with Gasteiger partial charge in [0.25, 0.3) is 0 Å². The molecule has 1 heterocycles. The minimum atomic E-state index is -0.478. The minimum absolute atomic E-state index is 0.190. The van der Waals surface area contributed by atoms with Gasteiger partial charge in [-0.05, 0) is 37.8 Å². The Bertz CT molecular complexity index is 515. The summed E-state index contributed by atoms with van der Waals surface area (Å²) in [5.74, 6) is 0.450. The molecule has 134 valence electrons. The summed E-state index contributed by atoms with van der Waals surface area (Å²) in [6, 6.07) is 8.03. The van der Waals surface area contributed by atoms with Crippen LogP contribution in [0.1, 0.15) is 31.2 Å². The molecule has 0 radical (unpaired) electrons. The normalized spacial score (nSPS) is 16.6. The van der Waals surface area contributed by atoms with Crippen molar-refractivity contribution in [2.75, 3.05) is 39.6 Å². The van der Waals surface area contributed by atoms with Crippen molar-refractivity contribution >= 4 is 5.91 Å². The Morgan fingerprint density at radius 1 is 1.21 bits per heavy atom. The molecule has 24 heavy (non-hydrogen) atoms. The fourth-order valence-corrected chi connectivity index (χ4v) is 3.20. The van der Waals surface area contributed by atoms with E-state index < -0.39 is 6.61 Å². The van der Waals surface area contributed by atoms with Gasteiger partial charge in [0, 0.05) is 12.1 Å². The summed E-state index contributed by atoms with van der Waals surface area (Å²) in [7, 11) is 0. The van der Waals surface area contributed by atoms with E-state index in [4.69, 9.17) is 9.84 Å². The number of piperidine rings is 1. The number of carbonyl (C=O) groups is 1. The Labute approximate surface area is 143 Å². The zero-order chi connectivity index (χ0) is 17.3. The van der Waals surface area contributed by atoms with Crippen LogP contribution in [0.15, 0.2) is 24.3 Å². The molecule has 0 aromatic heterocycles. The van der Waals surface area contributed by atoms with Gasteiger partial charge in [0.05, 0.1) is 19.7 Å². The molecule has 1 fully saturated rings. The van der Waals surface area contributed by atoms with Gasteiger partial charge in [-0.2, -0.15) is 0 Å². The summed E-state index contributed by atoms with van der Waals surface area (Å²) in [5, 5.41) is 21.0. The van der Waals surface area contributed by atoms with Crippen LogP contribution >= 0.6 is 0 Å². The summed E-state index contributed by atoms with van der Waals surface area (Å²) in [5.41, 5.74) is 1.18. The molecule has 0 unspecified atom stereocenters. The lowest BCUT2D eigenvalue weighted by atomic mass is 10.1. The molecule has 1 aromatic rings. The van der Waals surface area contributed by atoms with Gasteiger partial charge >= 0.3 is 0 Å². The molecule has 2 rings (SSSR count). The Kier molecular flexibility index (Phi) is 7.49. The second-order valence-corrected chi connectivity index (χ2v) is 6.51. The predicted octanol–water partition coefficient (Wildman–Crippen LogP) is 1.01. The van der Waals surface area contributed by atoms with Crippen molar-refractivity contribution in [3.05, 3.63) is 29.8 Å². The maximum atomic E-state index is 10.9. The molecule has 1 saturated heterocycles. The minimum Gasteiger partial charge on any atom is -0.494 e. The van der Waals surface area contributed by atoms with Crippen molar-refractivity contribution in [1.29, 1.82) is 0 Å². The van der Waals surface area contributed by atoms with Crippen molar-refractivity contribution in [2.24, 2.45) is 0 Å². The van der Waals surface area contributed by atoms with Crippen LogP contribution in [0.5, 0.6) is 5.75 Å². The predicted molar refractivity (Wildman–Crippen MR) is 91.3 cm³/mol. The van der Waals surface area contributed by atoms with Crippen LogP contribution in [0.3, 0.4) is 0 Å². The first-order valence-corrected chi connectivity index (χ1v) is 8.73. The highest BCUT2D eigenvalue weighted by Gasteiger charge is 2.29. The molecule has 1 aromatic carbocycles. The quantitative estimate of drug-likeness (QED) is 0.464. The number of carbonyl (C=O) groups excluding carboxylic acids is 1. The van der Waals surface area contributed by atoms with Gasteiger partial charge in [0.1, 0.15) is 18.9 Å². The van der Waals surface area contributed by atoms with Gasteiger partial charge in [-0.15, -0.1) is 0 Å². The molecular weight excluding hydrogens is 308 g/mol. The summed E-state index contributed by atoms with van der Waals surface area (Å²) < 4.78 is 6.48. The number of amides is 1. The number of quaternary nitrogens is 1. The topological polar surface area (TPSA) is 78.8 Å². The van der Waals surface area contributed by atoms with Crippen molar-refractivity contribution in [3.8, 4) is 5.75 Å². The number of nitrogens with zero attached hydrogens (tertiary/aromatic N) is 1. The third-order valence-corrected chi connectivity index (χ3v) is 4.54. The third kappa shape index (κ3) is 5.78. The van der Waals surface area contributed by atoms with Crippen LogP contribution in [0.25, 0.3) is 0 Å². The van der Waals surface area contributed by atoms with E-state index in [2.05, 4.69) is 11.4 Å². The molecule has 6 heteroatoms. The van der Waals surface area contributed by atoms with Crippen molar-refractivity contribution in [2.45, 2.75) is 32.2 Å². The Hall–Kier alpha value is -1.63. The van der Waals surface area contributed by atoms with E-state index in [1.807, 2.05) is 18.2 Å². The second kappa shape index (κ2) is 9.61. The van der Waals surface area contributed by atoms with E-state index in [-0.39, 0.29) is 12.6 Å². The molecule has 0 atom stereocenters. The smallest absolute Gasteiger partial charge is 0.245 e. The maximum Gasteiger partial charge on any atom is 0.245 e. The summed E-state index contributed by atoms with van der Waals surface area (Å²) >= 11 is 0. The number of benzene rings is 1. The lowest BCUT2D eigenvalue weighted by Crippen LogP contribution is -2.51. The molecule has 0 saturated carbocycles. The van der Waals surface area contributed by atoms with Crippen molar-refractivity contribution in [1.82, 2.24) is 5.32 Å². The van der Waals surface area contributed by atoms with Crippen LogP contribution < -0.4 is 10.1 Å². The van der Waals surface area contributed by atoms with Gasteiger partial charge in [-0.25, -0.2) is 0 Å². The van der Waals surface area contributed by atoms with E-state index in [1.54, 1.807) is 0 Å². The molecule has 0 aliphatic carbocycles. The first kappa shape index (κ1) is 18.7. The first-order valence-electron chi connectivity index (χ1n) is 8.73. The van der Waals surface area contributed by atoms with Crippen molar-refractivity contribution < 1.29 is 24.2 Å². The number of ether oxygens (including phenoxy) is 1. The number of rotatable bonds is 9. The van der Waals surface area contributed by atoms with Gasteiger partial charge in [0.15, 0.2) is 6.73 Å². The average Bonchev–Trinajstić information content (AvgIpc) is 2.62. The number of hydrogen-bond acceptors (Lipinski definition) is 4. The molecular formula is C18H29N2O4+. The molecule has 1 amide bonds. The number of likely N-dealkylation sites (tertiary alicyclic amines) is 1. The third-order valence-electron chi connectivity index (χ3n) is 4.54. The van der Waals surface area contributed by atoms with Crippen LogP contribution in [-0.4, -0.2) is 60.2 Å². The summed E-state index contributed by atoms with van der Waals surface area (Å²) in [6.45, 7) is 3.61. The largest absolute Gasteiger partial charge is 0.494 e. The monoisotopic (exact) mass is 337 g/mol. The van der Waals surface area contributed by atoms with Gasteiger partial charge in [0.2, 0.25) is 5.91 Å². The van der Waals surface area contributed by atoms with Crippen LogP contribution in [0.2, 0.25) is 0 Å². The van der Waals surface area contributed by atoms with Crippen molar-refractivity contribution in [3.63, 3.8) is 0 Å². The van der Waals surface area contributed by atoms with E-state index in [9.17, 15) is 9.90 Å². The van der Waals surface area contributed by atoms with Crippen LogP contribution in [0, 0.1) is 0 Å². The van der Waals surface area contributed by atoms with Crippen LogP contribution in [-0.2, 0) is 11.3 Å². The summed E-state index contributed by atoms with van der Waals surface area (Å²) in [4.78, 5) is 10.9. The molecule has 6 nitrogen and oxygen atoms in total. The molecule has 1 aliphatic heterocycles. The Balaban J connectivity index is 1.81. The molecule has 3 N–H and O–H groups in total. The molecule has 0 bridgehead atoms.